The van der Waals surface area contributed by atoms with Crippen LogP contribution in [0.5, 0.6) is 0 Å². The molecule has 5 nitrogen and oxygen atoms in total. The number of hydrogen-bond acceptors (Lipinski definition) is 3. The van der Waals surface area contributed by atoms with Gasteiger partial charge in [0.15, 0.2) is 5.96 Å². The summed E-state index contributed by atoms with van der Waals surface area (Å²) in [7, 11) is 1.72. The Morgan fingerprint density at radius 2 is 2.07 bits per heavy atom. The summed E-state index contributed by atoms with van der Waals surface area (Å²) in [4.78, 5) is 10.1. The van der Waals surface area contributed by atoms with Crippen LogP contribution in [-0.2, 0) is 6.42 Å². The van der Waals surface area contributed by atoms with Gasteiger partial charge in [-0.25, -0.2) is 8.78 Å². The van der Waals surface area contributed by atoms with E-state index in [1.165, 1.54) is 29.3 Å². The van der Waals surface area contributed by atoms with E-state index in [-0.39, 0.29) is 11.7 Å². The Morgan fingerprint density at radius 3 is 2.78 bits per heavy atom. The lowest BCUT2D eigenvalue weighted by atomic mass is 10.1. The van der Waals surface area contributed by atoms with Crippen LogP contribution < -0.4 is 15.5 Å². The SMILES string of the molecule is CN=C(NCCc1ccncc1C)NC1CCN(c2c(F)cccc2F)C1. The number of nitrogens with zero attached hydrogens (tertiary/aromatic N) is 3. The third kappa shape index (κ3) is 4.72. The van der Waals surface area contributed by atoms with Crippen LogP contribution in [0.25, 0.3) is 0 Å². The number of nitrogens with one attached hydrogen (secondary N) is 2. The number of rotatable bonds is 5. The van der Waals surface area contributed by atoms with Crippen molar-refractivity contribution in [2.75, 3.05) is 31.6 Å². The molecule has 0 spiro atoms. The number of pyridine rings is 1. The van der Waals surface area contributed by atoms with Gasteiger partial charge in [-0.1, -0.05) is 6.07 Å². The van der Waals surface area contributed by atoms with Gasteiger partial charge in [-0.15, -0.1) is 0 Å². The van der Waals surface area contributed by atoms with E-state index < -0.39 is 11.6 Å². The number of halogens is 2. The van der Waals surface area contributed by atoms with Crippen LogP contribution in [0.1, 0.15) is 17.5 Å². The molecular formula is C20H25F2N5. The number of hydrogen-bond donors (Lipinski definition) is 2. The minimum absolute atomic E-state index is 0.0536. The summed E-state index contributed by atoms with van der Waals surface area (Å²) in [6, 6.07) is 6.07. The maximum absolute atomic E-state index is 14.0. The van der Waals surface area contributed by atoms with E-state index in [1.54, 1.807) is 18.1 Å². The van der Waals surface area contributed by atoms with Crippen LogP contribution in [0.4, 0.5) is 14.5 Å². The van der Waals surface area contributed by atoms with Gasteiger partial charge < -0.3 is 15.5 Å². The van der Waals surface area contributed by atoms with Crippen molar-refractivity contribution in [3.63, 3.8) is 0 Å². The van der Waals surface area contributed by atoms with Crippen LogP contribution in [0.3, 0.4) is 0 Å². The van der Waals surface area contributed by atoms with Gasteiger partial charge in [0.25, 0.3) is 0 Å². The number of aromatic nitrogens is 1. The standard InChI is InChI=1S/C20H25F2N5/c1-14-12-24-9-6-15(14)7-10-25-20(23-2)26-16-8-11-27(13-16)19-17(21)4-3-5-18(19)22/h3-6,9,12,16H,7-8,10-11,13H2,1-2H3,(H2,23,25,26). The highest BCUT2D eigenvalue weighted by atomic mass is 19.1. The molecule has 1 unspecified atom stereocenters. The summed E-state index contributed by atoms with van der Waals surface area (Å²) in [5, 5.41) is 6.65. The third-order valence-corrected chi connectivity index (χ3v) is 4.83. The first kappa shape index (κ1) is 19.1. The Morgan fingerprint density at radius 1 is 1.30 bits per heavy atom. The van der Waals surface area contributed by atoms with Crippen molar-refractivity contribution < 1.29 is 8.78 Å². The third-order valence-electron chi connectivity index (χ3n) is 4.83. The summed E-state index contributed by atoms with van der Waals surface area (Å²) in [6.07, 6.45) is 5.31. The molecule has 1 atom stereocenters. The van der Waals surface area contributed by atoms with E-state index in [0.717, 1.165) is 19.4 Å². The van der Waals surface area contributed by atoms with Crippen molar-refractivity contribution in [1.29, 1.82) is 0 Å². The number of guanidine groups is 1. The quantitative estimate of drug-likeness (QED) is 0.625. The highest BCUT2D eigenvalue weighted by molar-refractivity contribution is 5.80. The van der Waals surface area contributed by atoms with Crippen molar-refractivity contribution in [2.24, 2.45) is 4.99 Å². The molecule has 1 fully saturated rings. The van der Waals surface area contributed by atoms with Crippen LogP contribution in [-0.4, -0.2) is 43.7 Å². The first-order valence-corrected chi connectivity index (χ1v) is 9.14. The average Bonchev–Trinajstić information content (AvgIpc) is 3.10. The molecule has 0 saturated carbocycles. The van der Waals surface area contributed by atoms with Gasteiger partial charge in [-0.05, 0) is 49.1 Å². The Balaban J connectivity index is 1.51. The van der Waals surface area contributed by atoms with E-state index in [0.29, 0.717) is 19.0 Å². The highest BCUT2D eigenvalue weighted by Crippen LogP contribution is 2.26. The maximum Gasteiger partial charge on any atom is 0.191 e. The average molecular weight is 373 g/mol. The molecule has 0 bridgehead atoms. The molecule has 144 valence electrons. The lowest BCUT2D eigenvalue weighted by Gasteiger charge is -2.21. The van der Waals surface area contributed by atoms with Gasteiger partial charge in [0, 0.05) is 45.1 Å². The van der Waals surface area contributed by atoms with Gasteiger partial charge in [0.2, 0.25) is 0 Å². The van der Waals surface area contributed by atoms with Crippen molar-refractivity contribution in [2.45, 2.75) is 25.8 Å². The number of benzene rings is 1. The molecule has 1 aromatic heterocycles. The molecule has 2 heterocycles. The molecular weight excluding hydrogens is 348 g/mol. The van der Waals surface area contributed by atoms with Crippen molar-refractivity contribution in [1.82, 2.24) is 15.6 Å². The van der Waals surface area contributed by atoms with E-state index in [2.05, 4.69) is 20.6 Å². The topological polar surface area (TPSA) is 52.6 Å². The molecule has 1 aromatic carbocycles. The largest absolute Gasteiger partial charge is 0.365 e. The molecule has 2 aromatic rings. The molecule has 1 aliphatic heterocycles. The minimum Gasteiger partial charge on any atom is -0.365 e. The number of aryl methyl sites for hydroxylation is 1. The van der Waals surface area contributed by atoms with Crippen LogP contribution in [0.2, 0.25) is 0 Å². The summed E-state index contributed by atoms with van der Waals surface area (Å²) in [5.74, 6) is -0.348. The van der Waals surface area contributed by atoms with Crippen molar-refractivity contribution in [3.05, 3.63) is 59.4 Å². The smallest absolute Gasteiger partial charge is 0.191 e. The van der Waals surface area contributed by atoms with E-state index in [9.17, 15) is 8.78 Å². The van der Waals surface area contributed by atoms with Gasteiger partial charge in [0.1, 0.15) is 17.3 Å². The molecule has 1 saturated heterocycles. The molecule has 2 N–H and O–H groups in total. The Kier molecular flexibility index (Phi) is 6.21. The number of anilines is 1. The molecule has 0 radical (unpaired) electrons. The minimum atomic E-state index is -0.522. The first-order chi connectivity index (χ1) is 13.1. The predicted octanol–water partition coefficient (Wildman–Crippen LogP) is 2.65. The second-order valence-electron chi connectivity index (χ2n) is 6.70. The Labute approximate surface area is 158 Å². The summed E-state index contributed by atoms with van der Waals surface area (Å²) in [5.41, 5.74) is 2.47. The first-order valence-electron chi connectivity index (χ1n) is 9.14. The summed E-state index contributed by atoms with van der Waals surface area (Å²) in [6.45, 7) is 3.91. The predicted molar refractivity (Wildman–Crippen MR) is 104 cm³/mol. The molecule has 7 heteroatoms. The second-order valence-corrected chi connectivity index (χ2v) is 6.70. The number of aliphatic imine (C=N–C) groups is 1. The maximum atomic E-state index is 14.0. The summed E-state index contributed by atoms with van der Waals surface area (Å²) >= 11 is 0. The summed E-state index contributed by atoms with van der Waals surface area (Å²) < 4.78 is 28.0. The van der Waals surface area contributed by atoms with Gasteiger partial charge in [-0.2, -0.15) is 0 Å². The lowest BCUT2D eigenvalue weighted by molar-refractivity contribution is 0.576. The molecule has 3 rings (SSSR count). The van der Waals surface area contributed by atoms with Crippen molar-refractivity contribution >= 4 is 11.6 Å². The molecule has 27 heavy (non-hydrogen) atoms. The lowest BCUT2D eigenvalue weighted by Crippen LogP contribution is -2.45. The zero-order valence-corrected chi connectivity index (χ0v) is 15.7. The van der Waals surface area contributed by atoms with Crippen LogP contribution >= 0.6 is 0 Å². The van der Waals surface area contributed by atoms with Crippen LogP contribution in [0.15, 0.2) is 41.7 Å². The zero-order chi connectivity index (χ0) is 19.2. The fourth-order valence-corrected chi connectivity index (χ4v) is 3.36. The molecule has 0 amide bonds. The molecule has 1 aliphatic rings. The van der Waals surface area contributed by atoms with Crippen molar-refractivity contribution in [3.8, 4) is 0 Å². The zero-order valence-electron chi connectivity index (χ0n) is 15.7. The van der Waals surface area contributed by atoms with Crippen LogP contribution in [0, 0.1) is 18.6 Å². The Hall–Kier alpha value is -2.70. The van der Waals surface area contributed by atoms with Gasteiger partial charge in [-0.3, -0.25) is 9.98 Å². The fourth-order valence-electron chi connectivity index (χ4n) is 3.36. The fraction of sp³-hybridized carbons (Fsp3) is 0.400. The van der Waals surface area contributed by atoms with E-state index in [4.69, 9.17) is 0 Å². The monoisotopic (exact) mass is 373 g/mol. The molecule has 0 aliphatic carbocycles. The van der Waals surface area contributed by atoms with E-state index in [1.807, 2.05) is 19.2 Å². The second kappa shape index (κ2) is 8.79. The number of para-hydroxylation sites is 1. The van der Waals surface area contributed by atoms with Gasteiger partial charge >= 0.3 is 0 Å². The highest BCUT2D eigenvalue weighted by Gasteiger charge is 2.27. The van der Waals surface area contributed by atoms with E-state index >= 15 is 0 Å². The normalized spacial score (nSPS) is 17.3. The Bertz CT molecular complexity index is 788. The van der Waals surface area contributed by atoms with Gasteiger partial charge in [0.05, 0.1) is 0 Å².